The average molecular weight is 306 g/mol. The summed E-state index contributed by atoms with van der Waals surface area (Å²) in [5.74, 6) is 0.329. The molecule has 0 unspecified atom stereocenters. The Labute approximate surface area is 130 Å². The van der Waals surface area contributed by atoms with Gasteiger partial charge in [-0.1, -0.05) is 12.1 Å². The van der Waals surface area contributed by atoms with Gasteiger partial charge in [0.2, 0.25) is 5.91 Å². The molecule has 6 nitrogen and oxygen atoms in total. The Balaban J connectivity index is 2.04. The van der Waals surface area contributed by atoms with E-state index in [-0.39, 0.29) is 18.3 Å². The zero-order valence-corrected chi connectivity index (χ0v) is 13.0. The SMILES string of the molecule is CCOc1ccc(CN2CCNC(=O)[C@H]2CC(=O)OC)cc1. The van der Waals surface area contributed by atoms with E-state index in [4.69, 9.17) is 4.74 Å². The van der Waals surface area contributed by atoms with E-state index in [0.29, 0.717) is 26.2 Å². The van der Waals surface area contributed by atoms with Crippen LogP contribution in [-0.2, 0) is 20.9 Å². The third-order valence-corrected chi connectivity index (χ3v) is 3.65. The van der Waals surface area contributed by atoms with Gasteiger partial charge in [-0.2, -0.15) is 0 Å². The molecule has 22 heavy (non-hydrogen) atoms. The second-order valence-corrected chi connectivity index (χ2v) is 5.13. The van der Waals surface area contributed by atoms with E-state index in [1.165, 1.54) is 7.11 Å². The van der Waals surface area contributed by atoms with Gasteiger partial charge in [-0.3, -0.25) is 14.5 Å². The van der Waals surface area contributed by atoms with Gasteiger partial charge in [0.05, 0.1) is 20.1 Å². The summed E-state index contributed by atoms with van der Waals surface area (Å²) in [6.07, 6.45) is 0.0688. The standard InChI is InChI=1S/C16H22N2O4/c1-3-22-13-6-4-12(5-7-13)11-18-9-8-17-16(20)14(18)10-15(19)21-2/h4-7,14H,3,8-11H2,1-2H3,(H,17,20)/t14-/m1/s1. The number of ether oxygens (including phenoxy) is 2. The van der Waals surface area contributed by atoms with Crippen LogP contribution in [0.1, 0.15) is 18.9 Å². The van der Waals surface area contributed by atoms with Crippen molar-refractivity contribution in [3.05, 3.63) is 29.8 Å². The molecule has 0 radical (unpaired) electrons. The Kier molecular flexibility index (Phi) is 5.77. The van der Waals surface area contributed by atoms with Gasteiger partial charge in [-0.05, 0) is 24.6 Å². The van der Waals surface area contributed by atoms with Gasteiger partial charge in [-0.25, -0.2) is 0 Å². The molecule has 1 aliphatic heterocycles. The predicted octanol–water partition coefficient (Wildman–Crippen LogP) is 0.949. The van der Waals surface area contributed by atoms with E-state index in [1.54, 1.807) is 0 Å². The molecular formula is C16H22N2O4. The Hall–Kier alpha value is -2.08. The summed E-state index contributed by atoms with van der Waals surface area (Å²) in [6, 6.07) is 7.31. The first kappa shape index (κ1) is 16.3. The number of benzene rings is 1. The van der Waals surface area contributed by atoms with Crippen molar-refractivity contribution in [3.8, 4) is 5.75 Å². The van der Waals surface area contributed by atoms with Crippen LogP contribution < -0.4 is 10.1 Å². The Morgan fingerprint density at radius 2 is 2.09 bits per heavy atom. The van der Waals surface area contributed by atoms with Crippen LogP contribution in [0, 0.1) is 0 Å². The number of hydrogen-bond donors (Lipinski definition) is 1. The smallest absolute Gasteiger partial charge is 0.307 e. The highest BCUT2D eigenvalue weighted by Gasteiger charge is 2.31. The van der Waals surface area contributed by atoms with Crippen LogP contribution in [0.2, 0.25) is 0 Å². The molecule has 0 aliphatic carbocycles. The van der Waals surface area contributed by atoms with Crippen molar-refractivity contribution in [1.82, 2.24) is 10.2 Å². The molecule has 1 aromatic rings. The summed E-state index contributed by atoms with van der Waals surface area (Å²) in [7, 11) is 1.33. The van der Waals surface area contributed by atoms with Crippen LogP contribution in [0.3, 0.4) is 0 Å². The molecule has 0 spiro atoms. The van der Waals surface area contributed by atoms with Gasteiger partial charge in [-0.15, -0.1) is 0 Å². The maximum absolute atomic E-state index is 12.0. The first-order valence-electron chi connectivity index (χ1n) is 7.44. The molecule has 1 atom stereocenters. The number of amides is 1. The quantitative estimate of drug-likeness (QED) is 0.793. The molecule has 6 heteroatoms. The lowest BCUT2D eigenvalue weighted by molar-refractivity contribution is -0.146. The Morgan fingerprint density at radius 1 is 1.36 bits per heavy atom. The van der Waals surface area contributed by atoms with Crippen molar-refractivity contribution in [2.24, 2.45) is 0 Å². The van der Waals surface area contributed by atoms with Crippen molar-refractivity contribution < 1.29 is 19.1 Å². The highest BCUT2D eigenvalue weighted by Crippen LogP contribution is 2.17. The maximum atomic E-state index is 12.0. The van der Waals surface area contributed by atoms with Crippen LogP contribution in [0.4, 0.5) is 0 Å². The van der Waals surface area contributed by atoms with E-state index in [9.17, 15) is 9.59 Å². The number of hydrogen-bond acceptors (Lipinski definition) is 5. The van der Waals surface area contributed by atoms with Crippen LogP contribution in [-0.4, -0.2) is 49.6 Å². The average Bonchev–Trinajstić information content (AvgIpc) is 2.52. The summed E-state index contributed by atoms with van der Waals surface area (Å²) in [5.41, 5.74) is 1.08. The van der Waals surface area contributed by atoms with E-state index in [0.717, 1.165) is 11.3 Å². The monoisotopic (exact) mass is 306 g/mol. The predicted molar refractivity (Wildman–Crippen MR) is 81.5 cm³/mol. The minimum absolute atomic E-state index is 0.0688. The van der Waals surface area contributed by atoms with Crippen molar-refractivity contribution in [1.29, 1.82) is 0 Å². The fourth-order valence-electron chi connectivity index (χ4n) is 2.51. The molecule has 0 bridgehead atoms. The molecule has 1 aliphatic rings. The van der Waals surface area contributed by atoms with Gasteiger partial charge < -0.3 is 14.8 Å². The van der Waals surface area contributed by atoms with E-state index < -0.39 is 6.04 Å². The van der Waals surface area contributed by atoms with E-state index in [1.807, 2.05) is 36.1 Å². The van der Waals surface area contributed by atoms with Crippen molar-refractivity contribution in [3.63, 3.8) is 0 Å². The summed E-state index contributed by atoms with van der Waals surface area (Å²) >= 11 is 0. The van der Waals surface area contributed by atoms with Gasteiger partial charge in [0.25, 0.3) is 0 Å². The second kappa shape index (κ2) is 7.79. The first-order valence-corrected chi connectivity index (χ1v) is 7.44. The fourth-order valence-corrected chi connectivity index (χ4v) is 2.51. The van der Waals surface area contributed by atoms with Gasteiger partial charge in [0, 0.05) is 19.6 Å². The Bertz CT molecular complexity index is 515. The molecule has 1 heterocycles. The van der Waals surface area contributed by atoms with E-state index in [2.05, 4.69) is 10.1 Å². The summed E-state index contributed by atoms with van der Waals surface area (Å²) in [6.45, 7) is 4.49. The van der Waals surface area contributed by atoms with Crippen molar-refractivity contribution >= 4 is 11.9 Å². The zero-order valence-electron chi connectivity index (χ0n) is 13.0. The highest BCUT2D eigenvalue weighted by atomic mass is 16.5. The van der Waals surface area contributed by atoms with Crippen LogP contribution in [0.15, 0.2) is 24.3 Å². The molecule has 1 amide bonds. The number of rotatable bonds is 6. The molecule has 0 saturated carbocycles. The normalized spacial score (nSPS) is 18.6. The zero-order chi connectivity index (χ0) is 15.9. The largest absolute Gasteiger partial charge is 0.494 e. The molecule has 120 valence electrons. The number of methoxy groups -OCH3 is 1. The van der Waals surface area contributed by atoms with Crippen LogP contribution in [0.5, 0.6) is 5.75 Å². The van der Waals surface area contributed by atoms with E-state index >= 15 is 0 Å². The lowest BCUT2D eigenvalue weighted by Gasteiger charge is -2.34. The first-order chi connectivity index (χ1) is 10.6. The molecule has 0 aromatic heterocycles. The topological polar surface area (TPSA) is 67.9 Å². The number of carbonyl (C=O) groups is 2. The third kappa shape index (κ3) is 4.21. The van der Waals surface area contributed by atoms with Crippen LogP contribution in [0.25, 0.3) is 0 Å². The number of esters is 1. The molecular weight excluding hydrogens is 284 g/mol. The third-order valence-electron chi connectivity index (χ3n) is 3.65. The molecule has 2 rings (SSSR count). The number of nitrogens with one attached hydrogen (secondary N) is 1. The minimum atomic E-state index is -0.479. The molecule has 1 saturated heterocycles. The number of nitrogens with zero attached hydrogens (tertiary/aromatic N) is 1. The lowest BCUT2D eigenvalue weighted by atomic mass is 10.1. The Morgan fingerprint density at radius 3 is 2.73 bits per heavy atom. The maximum Gasteiger partial charge on any atom is 0.307 e. The van der Waals surface area contributed by atoms with Crippen LogP contribution >= 0.6 is 0 Å². The van der Waals surface area contributed by atoms with Gasteiger partial charge >= 0.3 is 5.97 Å². The van der Waals surface area contributed by atoms with Crippen molar-refractivity contribution in [2.75, 3.05) is 26.8 Å². The highest BCUT2D eigenvalue weighted by molar-refractivity contribution is 5.87. The number of carbonyl (C=O) groups excluding carboxylic acids is 2. The minimum Gasteiger partial charge on any atom is -0.494 e. The van der Waals surface area contributed by atoms with Gasteiger partial charge in [0.1, 0.15) is 11.8 Å². The summed E-state index contributed by atoms with van der Waals surface area (Å²) in [4.78, 5) is 25.5. The lowest BCUT2D eigenvalue weighted by Crippen LogP contribution is -2.55. The van der Waals surface area contributed by atoms with Gasteiger partial charge in [0.15, 0.2) is 0 Å². The number of piperazine rings is 1. The molecule has 1 fully saturated rings. The summed E-state index contributed by atoms with van der Waals surface area (Å²) < 4.78 is 10.1. The van der Waals surface area contributed by atoms with Crippen molar-refractivity contribution in [2.45, 2.75) is 25.9 Å². The second-order valence-electron chi connectivity index (χ2n) is 5.13. The fraction of sp³-hybridized carbons (Fsp3) is 0.500. The molecule has 1 N–H and O–H groups in total. The summed E-state index contributed by atoms with van der Waals surface area (Å²) in [5, 5.41) is 2.79. The molecule has 1 aromatic carbocycles.